The van der Waals surface area contributed by atoms with Crippen molar-refractivity contribution in [3.63, 3.8) is 0 Å². The minimum atomic E-state index is 0.323. The summed E-state index contributed by atoms with van der Waals surface area (Å²) >= 11 is 2.16. The molecule has 0 aromatic heterocycles. The van der Waals surface area contributed by atoms with Crippen molar-refractivity contribution < 1.29 is 20.0 Å². The van der Waals surface area contributed by atoms with Gasteiger partial charge in [-0.3, -0.25) is 6.08 Å². The van der Waals surface area contributed by atoms with E-state index in [0.717, 1.165) is 6.42 Å². The average Bonchev–Trinajstić information content (AvgIpc) is 3.59. The van der Waals surface area contributed by atoms with Crippen LogP contribution in [0.25, 0.3) is 21.5 Å². The van der Waals surface area contributed by atoms with Crippen molar-refractivity contribution >= 4 is 25.4 Å². The van der Waals surface area contributed by atoms with Crippen LogP contribution in [0.15, 0.2) is 133 Å². The molecule has 0 atom stereocenters. The Morgan fingerprint density at radius 1 is 0.667 bits per heavy atom. The minimum absolute atomic E-state index is 0.323. The van der Waals surface area contributed by atoms with E-state index in [1.807, 2.05) is 12.1 Å². The molecule has 0 amide bonds. The molecule has 5 aromatic carbocycles. The van der Waals surface area contributed by atoms with Crippen LogP contribution >= 0.6 is 0 Å². The molecule has 176 valence electrons. The second-order valence-electron chi connectivity index (χ2n) is 9.89. The maximum Gasteiger partial charge on any atom is -0.0771 e. The summed E-state index contributed by atoms with van der Waals surface area (Å²) in [6.45, 7) is 6.67. The molecule has 0 fully saturated rings. The predicted octanol–water partition coefficient (Wildman–Crippen LogP) is 9.24. The summed E-state index contributed by atoms with van der Waals surface area (Å²) in [5.74, 6) is 0. The normalized spacial score (nSPS) is 12.4. The molecule has 0 saturated heterocycles. The fourth-order valence-electron chi connectivity index (χ4n) is 4.20. The molecule has 0 aliphatic heterocycles. The summed E-state index contributed by atoms with van der Waals surface area (Å²) in [5, 5.41) is 5.39. The minimum Gasteiger partial charge on any atom is -0.126 e. The number of benzene rings is 4. The number of allylic oxidation sites excluding steroid dienone is 4. The zero-order chi connectivity index (χ0) is 25.4. The first kappa shape index (κ1) is 25.9. The number of fused-ring (bicyclic) bond motifs is 3. The maximum absolute atomic E-state index is 3.16. The van der Waals surface area contributed by atoms with Crippen LogP contribution in [0.4, 0.5) is 0 Å². The summed E-state index contributed by atoms with van der Waals surface area (Å²) < 4.78 is 1.33. The monoisotopic (exact) mass is 500 g/mol. The molecular formula is C35H32Ti. The molecule has 36 heavy (non-hydrogen) atoms. The Morgan fingerprint density at radius 2 is 1.11 bits per heavy atom. The maximum atomic E-state index is 3.16. The summed E-state index contributed by atoms with van der Waals surface area (Å²) in [4.78, 5) is 0. The standard InChI is InChI=1S/C13H9.C13H10.C9H13.Ti/c1-3-7-12-10(5-1)9-11-6-2-4-8-13(11)12;1-3-7-12(8-4-1)11-13-9-5-2-6-10-13;1-9(2,3)8-6-4-5-7-8;/h1-9H;1-10H;6-7H,4H2,1-3H3;/q-1;;-1;+2. The van der Waals surface area contributed by atoms with Crippen LogP contribution in [0.3, 0.4) is 0 Å². The van der Waals surface area contributed by atoms with E-state index in [4.69, 9.17) is 0 Å². The van der Waals surface area contributed by atoms with Crippen LogP contribution in [-0.4, -0.2) is 3.81 Å². The zero-order valence-corrected chi connectivity index (χ0v) is 22.9. The molecule has 5 aromatic rings. The molecule has 0 N–H and O–H groups in total. The van der Waals surface area contributed by atoms with E-state index in [9.17, 15) is 0 Å². The van der Waals surface area contributed by atoms with Crippen molar-refractivity contribution in [3.05, 3.63) is 150 Å². The van der Waals surface area contributed by atoms with Gasteiger partial charge in [-0.2, -0.15) is 11.6 Å². The second-order valence-corrected chi connectivity index (χ2v) is 10.7. The van der Waals surface area contributed by atoms with Gasteiger partial charge in [0.2, 0.25) is 0 Å². The van der Waals surface area contributed by atoms with Gasteiger partial charge in [-0.05, 0) is 0 Å². The van der Waals surface area contributed by atoms with E-state index in [1.165, 1.54) is 42.1 Å². The first-order valence-corrected chi connectivity index (χ1v) is 13.2. The van der Waals surface area contributed by atoms with Gasteiger partial charge < -0.3 is 0 Å². The Hall–Kier alpha value is -3.19. The first-order chi connectivity index (χ1) is 17.4. The third-order valence-electron chi connectivity index (χ3n) is 6.21. The van der Waals surface area contributed by atoms with E-state index in [-0.39, 0.29) is 0 Å². The van der Waals surface area contributed by atoms with Gasteiger partial charge >= 0.3 is 95.6 Å². The summed E-state index contributed by atoms with van der Waals surface area (Å²) in [7, 11) is 0. The van der Waals surface area contributed by atoms with Crippen LogP contribution in [-0.2, 0) is 20.0 Å². The quantitative estimate of drug-likeness (QED) is 0.167. The fraction of sp³-hybridized carbons (Fsp3) is 0.143. The van der Waals surface area contributed by atoms with Gasteiger partial charge in [0, 0.05) is 0 Å². The topological polar surface area (TPSA) is 0 Å². The van der Waals surface area contributed by atoms with Crippen molar-refractivity contribution in [2.75, 3.05) is 0 Å². The Balaban J connectivity index is 0.000000130. The van der Waals surface area contributed by atoms with Gasteiger partial charge in [0.15, 0.2) is 0 Å². The van der Waals surface area contributed by atoms with Gasteiger partial charge in [0.1, 0.15) is 0 Å². The molecule has 0 heterocycles. The Labute approximate surface area is 227 Å². The molecule has 6 rings (SSSR count). The summed E-state index contributed by atoms with van der Waals surface area (Å²) in [6, 6.07) is 40.2. The van der Waals surface area contributed by atoms with E-state index in [0.29, 0.717) is 5.41 Å². The number of rotatable bonds is 2. The Kier molecular flexibility index (Phi) is 8.76. The third-order valence-corrected chi connectivity index (χ3v) is 7.11. The molecule has 0 nitrogen and oxygen atoms in total. The van der Waals surface area contributed by atoms with E-state index in [1.54, 1.807) is 0 Å². The molecular weight excluding hydrogens is 468 g/mol. The molecule has 0 saturated carbocycles. The number of hydrogen-bond donors (Lipinski definition) is 0. The molecule has 0 unspecified atom stereocenters. The van der Waals surface area contributed by atoms with Gasteiger partial charge in [-0.25, -0.2) is 6.08 Å². The molecule has 0 spiro atoms. The van der Waals surface area contributed by atoms with Gasteiger partial charge in [0.25, 0.3) is 0 Å². The second kappa shape index (κ2) is 12.2. The first-order valence-electron chi connectivity index (χ1n) is 12.4. The van der Waals surface area contributed by atoms with Crippen LogP contribution in [0.1, 0.15) is 38.3 Å². The van der Waals surface area contributed by atoms with Crippen molar-refractivity contribution in [1.82, 2.24) is 0 Å². The average molecular weight is 501 g/mol. The van der Waals surface area contributed by atoms with Crippen LogP contribution in [0.2, 0.25) is 0 Å². The SMILES string of the molecule is CC(C)(C)C1=CC[C-]=C1.[Ti+2]=[C](c1ccccc1)c1ccccc1.c1ccc2c(c1)[cH-]c1ccccc12. The molecule has 0 bridgehead atoms. The fourth-order valence-corrected chi connectivity index (χ4v) is 4.72. The van der Waals surface area contributed by atoms with Gasteiger partial charge in [0.05, 0.1) is 0 Å². The van der Waals surface area contributed by atoms with Gasteiger partial charge in [-0.1, -0.05) is 62.6 Å². The van der Waals surface area contributed by atoms with E-state index in [2.05, 4.69) is 162 Å². The summed E-state index contributed by atoms with van der Waals surface area (Å²) in [6.07, 6.45) is 8.50. The van der Waals surface area contributed by atoms with E-state index >= 15 is 0 Å². The Bertz CT molecular complexity index is 1380. The van der Waals surface area contributed by atoms with E-state index < -0.39 is 0 Å². The van der Waals surface area contributed by atoms with Crippen LogP contribution in [0, 0.1) is 11.5 Å². The smallest absolute Gasteiger partial charge is 0.0771 e. The van der Waals surface area contributed by atoms with Crippen molar-refractivity contribution in [1.29, 1.82) is 0 Å². The zero-order valence-electron chi connectivity index (χ0n) is 21.3. The third kappa shape index (κ3) is 6.73. The molecule has 1 aliphatic rings. The molecule has 1 heteroatoms. The van der Waals surface area contributed by atoms with Crippen molar-refractivity contribution in [2.45, 2.75) is 27.2 Å². The van der Waals surface area contributed by atoms with Crippen LogP contribution < -0.4 is 0 Å². The Morgan fingerprint density at radius 3 is 1.50 bits per heavy atom. The number of hydrogen-bond acceptors (Lipinski definition) is 0. The van der Waals surface area contributed by atoms with Crippen molar-refractivity contribution in [3.8, 4) is 0 Å². The predicted molar refractivity (Wildman–Crippen MR) is 153 cm³/mol. The molecule has 1 aliphatic carbocycles. The largest absolute Gasteiger partial charge is 0.126 e. The molecule has 0 radical (unpaired) electrons. The summed E-state index contributed by atoms with van der Waals surface area (Å²) in [5.41, 5.74) is 4.32. The van der Waals surface area contributed by atoms with Crippen molar-refractivity contribution in [2.24, 2.45) is 5.41 Å². The van der Waals surface area contributed by atoms with Gasteiger partial charge in [-0.15, -0.1) is 46.2 Å². The van der Waals surface area contributed by atoms with Crippen LogP contribution in [0.5, 0.6) is 0 Å².